The van der Waals surface area contributed by atoms with Gasteiger partial charge in [0, 0.05) is 17.8 Å². The average Bonchev–Trinajstić information content (AvgIpc) is 2.32. The van der Waals surface area contributed by atoms with Gasteiger partial charge in [-0.15, -0.1) is 0 Å². The van der Waals surface area contributed by atoms with Gasteiger partial charge in [-0.05, 0) is 36.8 Å². The average molecular weight is 233 g/mol. The van der Waals surface area contributed by atoms with Crippen LogP contribution in [0.15, 0.2) is 42.5 Å². The Hall–Kier alpha value is -1.90. The molecular formula is C14H13F2N. The molecular weight excluding hydrogens is 220 g/mol. The molecule has 0 saturated heterocycles. The minimum absolute atomic E-state index is 0.272. The molecule has 1 nitrogen and oxygen atoms in total. The Morgan fingerprint density at radius 1 is 1.06 bits per heavy atom. The van der Waals surface area contributed by atoms with Crippen molar-refractivity contribution in [3.8, 4) is 0 Å². The lowest BCUT2D eigenvalue weighted by Crippen LogP contribution is -2.03. The zero-order valence-electron chi connectivity index (χ0n) is 9.50. The Morgan fingerprint density at radius 3 is 2.59 bits per heavy atom. The summed E-state index contributed by atoms with van der Waals surface area (Å²) in [5, 5.41) is 3.09. The van der Waals surface area contributed by atoms with Crippen molar-refractivity contribution in [2.24, 2.45) is 0 Å². The van der Waals surface area contributed by atoms with Crippen LogP contribution in [0.3, 0.4) is 0 Å². The summed E-state index contributed by atoms with van der Waals surface area (Å²) in [5.41, 5.74) is 2.33. The number of para-hydroxylation sites is 1. The number of anilines is 1. The molecule has 0 spiro atoms. The third-order valence-electron chi connectivity index (χ3n) is 2.62. The van der Waals surface area contributed by atoms with Gasteiger partial charge in [-0.2, -0.15) is 0 Å². The Bertz CT molecular complexity index is 523. The van der Waals surface area contributed by atoms with Crippen LogP contribution in [0.5, 0.6) is 0 Å². The summed E-state index contributed by atoms with van der Waals surface area (Å²) in [6.07, 6.45) is 0. The maximum atomic E-state index is 13.4. The second-order valence-electron chi connectivity index (χ2n) is 3.90. The summed E-state index contributed by atoms with van der Waals surface area (Å²) in [6.45, 7) is 2.23. The van der Waals surface area contributed by atoms with Gasteiger partial charge in [0.05, 0.1) is 0 Å². The van der Waals surface area contributed by atoms with Crippen LogP contribution in [0, 0.1) is 18.6 Å². The fraction of sp³-hybridized carbons (Fsp3) is 0.143. The fourth-order valence-corrected chi connectivity index (χ4v) is 1.64. The number of halogens is 2. The first-order valence-electron chi connectivity index (χ1n) is 5.40. The number of benzene rings is 2. The molecule has 0 aliphatic rings. The maximum Gasteiger partial charge on any atom is 0.128 e. The summed E-state index contributed by atoms with van der Waals surface area (Å²) in [7, 11) is 0. The Labute approximate surface area is 99.1 Å². The molecule has 2 rings (SSSR count). The summed E-state index contributed by atoms with van der Waals surface area (Å²) < 4.78 is 26.3. The highest BCUT2D eigenvalue weighted by Gasteiger charge is 2.04. The van der Waals surface area contributed by atoms with Crippen LogP contribution < -0.4 is 5.32 Å². The molecule has 3 heteroatoms. The molecule has 0 saturated carbocycles. The van der Waals surface area contributed by atoms with Crippen LogP contribution in [-0.2, 0) is 6.54 Å². The van der Waals surface area contributed by atoms with E-state index in [-0.39, 0.29) is 6.54 Å². The molecule has 17 heavy (non-hydrogen) atoms. The topological polar surface area (TPSA) is 12.0 Å². The number of nitrogens with one attached hydrogen (secondary N) is 1. The standard InChI is InChI=1S/C14H13F2N/c1-10-4-2-3-5-14(10)17-9-11-8-12(15)6-7-13(11)16/h2-8,17H,9H2,1H3. The van der Waals surface area contributed by atoms with Gasteiger partial charge in [0.25, 0.3) is 0 Å². The second kappa shape index (κ2) is 4.95. The molecule has 2 aromatic rings. The largest absolute Gasteiger partial charge is 0.381 e. The van der Waals surface area contributed by atoms with Crippen LogP contribution in [0.25, 0.3) is 0 Å². The van der Waals surface area contributed by atoms with E-state index in [1.54, 1.807) is 0 Å². The predicted octanol–water partition coefficient (Wildman–Crippen LogP) is 3.89. The van der Waals surface area contributed by atoms with Crippen molar-refractivity contribution in [1.29, 1.82) is 0 Å². The lowest BCUT2D eigenvalue weighted by molar-refractivity contribution is 0.587. The molecule has 0 radical (unpaired) electrons. The van der Waals surface area contributed by atoms with Gasteiger partial charge < -0.3 is 5.32 Å². The molecule has 1 N–H and O–H groups in total. The monoisotopic (exact) mass is 233 g/mol. The van der Waals surface area contributed by atoms with Crippen molar-refractivity contribution in [1.82, 2.24) is 0 Å². The van der Waals surface area contributed by atoms with Crippen molar-refractivity contribution < 1.29 is 8.78 Å². The van der Waals surface area contributed by atoms with E-state index in [0.29, 0.717) is 5.56 Å². The van der Waals surface area contributed by atoms with Gasteiger partial charge >= 0.3 is 0 Å². The maximum absolute atomic E-state index is 13.4. The zero-order chi connectivity index (χ0) is 12.3. The predicted molar refractivity (Wildman–Crippen MR) is 64.9 cm³/mol. The zero-order valence-corrected chi connectivity index (χ0v) is 9.50. The molecule has 0 bridgehead atoms. The van der Waals surface area contributed by atoms with Gasteiger partial charge in [0.2, 0.25) is 0 Å². The van der Waals surface area contributed by atoms with Crippen LogP contribution >= 0.6 is 0 Å². The van der Waals surface area contributed by atoms with E-state index in [4.69, 9.17) is 0 Å². The van der Waals surface area contributed by atoms with Crippen LogP contribution in [-0.4, -0.2) is 0 Å². The summed E-state index contributed by atoms with van der Waals surface area (Å²) >= 11 is 0. The van der Waals surface area contributed by atoms with Crippen LogP contribution in [0.1, 0.15) is 11.1 Å². The van der Waals surface area contributed by atoms with E-state index >= 15 is 0 Å². The molecule has 0 atom stereocenters. The van der Waals surface area contributed by atoms with Crippen molar-refractivity contribution >= 4 is 5.69 Å². The van der Waals surface area contributed by atoms with Crippen LogP contribution in [0.4, 0.5) is 14.5 Å². The highest BCUT2D eigenvalue weighted by atomic mass is 19.1. The summed E-state index contributed by atoms with van der Waals surface area (Å²) in [4.78, 5) is 0. The molecule has 2 aromatic carbocycles. The number of hydrogen-bond acceptors (Lipinski definition) is 1. The van der Waals surface area contributed by atoms with E-state index in [9.17, 15) is 8.78 Å². The molecule has 0 aliphatic heterocycles. The normalized spacial score (nSPS) is 10.3. The Morgan fingerprint density at radius 2 is 1.82 bits per heavy atom. The third-order valence-corrected chi connectivity index (χ3v) is 2.62. The quantitative estimate of drug-likeness (QED) is 0.848. The van der Waals surface area contributed by atoms with Crippen molar-refractivity contribution in [2.45, 2.75) is 13.5 Å². The molecule has 0 fully saturated rings. The van der Waals surface area contributed by atoms with Gasteiger partial charge in [0.15, 0.2) is 0 Å². The van der Waals surface area contributed by atoms with Gasteiger partial charge in [-0.3, -0.25) is 0 Å². The lowest BCUT2D eigenvalue weighted by Gasteiger charge is -2.09. The smallest absolute Gasteiger partial charge is 0.128 e. The first-order valence-corrected chi connectivity index (χ1v) is 5.40. The van der Waals surface area contributed by atoms with Crippen molar-refractivity contribution in [2.75, 3.05) is 5.32 Å². The summed E-state index contributed by atoms with van der Waals surface area (Å²) in [5.74, 6) is -0.819. The van der Waals surface area contributed by atoms with E-state index < -0.39 is 11.6 Å². The number of hydrogen-bond donors (Lipinski definition) is 1. The Kier molecular flexibility index (Phi) is 3.38. The highest BCUT2D eigenvalue weighted by Crippen LogP contribution is 2.16. The molecule has 0 heterocycles. The van der Waals surface area contributed by atoms with Gasteiger partial charge in [-0.1, -0.05) is 18.2 Å². The minimum atomic E-state index is -0.423. The molecule has 0 aromatic heterocycles. The number of rotatable bonds is 3. The van der Waals surface area contributed by atoms with Crippen molar-refractivity contribution in [3.05, 3.63) is 65.2 Å². The summed E-state index contributed by atoms with van der Waals surface area (Å²) in [6, 6.07) is 11.2. The molecule has 0 amide bonds. The number of aryl methyl sites for hydroxylation is 1. The van der Waals surface area contributed by atoms with E-state index in [0.717, 1.165) is 23.4 Å². The molecule has 0 aliphatic carbocycles. The highest BCUT2D eigenvalue weighted by molar-refractivity contribution is 5.50. The fourth-order valence-electron chi connectivity index (χ4n) is 1.64. The first kappa shape index (κ1) is 11.6. The van der Waals surface area contributed by atoms with E-state index in [1.165, 1.54) is 6.07 Å². The minimum Gasteiger partial charge on any atom is -0.381 e. The Balaban J connectivity index is 2.12. The second-order valence-corrected chi connectivity index (χ2v) is 3.90. The van der Waals surface area contributed by atoms with Gasteiger partial charge in [-0.25, -0.2) is 8.78 Å². The van der Waals surface area contributed by atoms with E-state index in [2.05, 4.69) is 5.32 Å². The molecule has 88 valence electrons. The van der Waals surface area contributed by atoms with Crippen molar-refractivity contribution in [3.63, 3.8) is 0 Å². The van der Waals surface area contributed by atoms with E-state index in [1.807, 2.05) is 31.2 Å². The third kappa shape index (κ3) is 2.81. The lowest BCUT2D eigenvalue weighted by atomic mass is 10.1. The first-order chi connectivity index (χ1) is 8.16. The SMILES string of the molecule is Cc1ccccc1NCc1cc(F)ccc1F. The molecule has 0 unspecified atom stereocenters. The van der Waals surface area contributed by atoms with Crippen LogP contribution in [0.2, 0.25) is 0 Å². The van der Waals surface area contributed by atoms with Gasteiger partial charge in [0.1, 0.15) is 11.6 Å².